The summed E-state index contributed by atoms with van der Waals surface area (Å²) < 4.78 is 0. The van der Waals surface area contributed by atoms with Gasteiger partial charge in [0.15, 0.2) is 0 Å². The molecule has 1 heterocycles. The summed E-state index contributed by atoms with van der Waals surface area (Å²) in [6.07, 6.45) is 0. The number of phenols is 1. The number of benzene rings is 2. The molecule has 0 bridgehead atoms. The van der Waals surface area contributed by atoms with Gasteiger partial charge in [-0.1, -0.05) is 35.3 Å². The molecular formula is C24H21Cl2N3O6S. The molecule has 0 aliphatic rings. The number of hydrogen-bond acceptors (Lipinski definition) is 6. The lowest BCUT2D eigenvalue weighted by molar-refractivity contribution is -0.139. The van der Waals surface area contributed by atoms with Crippen LogP contribution in [0.5, 0.6) is 5.75 Å². The van der Waals surface area contributed by atoms with Gasteiger partial charge in [0, 0.05) is 18.7 Å². The van der Waals surface area contributed by atoms with Crippen LogP contribution in [0, 0.1) is 6.92 Å². The molecule has 1 aromatic heterocycles. The van der Waals surface area contributed by atoms with E-state index in [-0.39, 0.29) is 40.0 Å². The molecule has 3 amide bonds. The molecule has 3 aromatic rings. The lowest BCUT2D eigenvalue weighted by Gasteiger charge is -2.17. The van der Waals surface area contributed by atoms with Gasteiger partial charge in [0.2, 0.25) is 0 Å². The number of nitrogens with one attached hydrogen (secondary N) is 3. The topological polar surface area (TPSA) is 145 Å². The fourth-order valence-corrected chi connectivity index (χ4v) is 4.68. The van der Waals surface area contributed by atoms with E-state index in [1.54, 1.807) is 30.5 Å². The van der Waals surface area contributed by atoms with E-state index in [9.17, 15) is 29.4 Å². The summed E-state index contributed by atoms with van der Waals surface area (Å²) in [5.41, 5.74) is 1.28. The zero-order valence-electron chi connectivity index (χ0n) is 18.8. The number of thiophene rings is 1. The number of carbonyl (C=O) groups is 4. The Morgan fingerprint density at radius 3 is 2.25 bits per heavy atom. The second kappa shape index (κ2) is 11.9. The summed E-state index contributed by atoms with van der Waals surface area (Å²) >= 11 is 13.6. The molecule has 0 aliphatic heterocycles. The lowest BCUT2D eigenvalue weighted by Crippen LogP contribution is -2.48. The average molecular weight is 550 g/mol. The maximum atomic E-state index is 12.8. The Morgan fingerprint density at radius 2 is 1.67 bits per heavy atom. The SMILES string of the molecule is Cc1ccsc1C(=O)NCC(NC(=O)c1c(Cl)cc(C(=O)NCc2cccc(O)c2)cc1Cl)C(=O)O. The number of aryl methyl sites for hydroxylation is 1. The third kappa shape index (κ3) is 6.75. The van der Waals surface area contributed by atoms with Gasteiger partial charge < -0.3 is 26.2 Å². The van der Waals surface area contributed by atoms with Gasteiger partial charge in [-0.2, -0.15) is 0 Å². The first-order valence-corrected chi connectivity index (χ1v) is 12.1. The number of phenolic OH excluding ortho intramolecular Hbond substituents is 1. The first-order chi connectivity index (χ1) is 17.1. The summed E-state index contributed by atoms with van der Waals surface area (Å²) in [4.78, 5) is 49.7. The Hall–Kier alpha value is -3.60. The average Bonchev–Trinajstić information content (AvgIpc) is 3.25. The fourth-order valence-electron chi connectivity index (χ4n) is 3.18. The predicted octanol–water partition coefficient (Wildman–Crippen LogP) is 3.61. The fraction of sp³-hybridized carbons (Fsp3) is 0.167. The minimum absolute atomic E-state index is 0.0593. The Bertz CT molecular complexity index is 1300. The van der Waals surface area contributed by atoms with Gasteiger partial charge in [0.1, 0.15) is 11.8 Å². The van der Waals surface area contributed by atoms with Crippen molar-refractivity contribution in [2.75, 3.05) is 6.54 Å². The van der Waals surface area contributed by atoms with E-state index < -0.39 is 29.7 Å². The van der Waals surface area contributed by atoms with Crippen molar-refractivity contribution in [3.05, 3.63) is 85.0 Å². The summed E-state index contributed by atoms with van der Waals surface area (Å²) in [6.45, 7) is 1.51. The molecule has 0 saturated heterocycles. The number of hydrogen-bond donors (Lipinski definition) is 5. The third-order valence-corrected chi connectivity index (χ3v) is 6.64. The first kappa shape index (κ1) is 27.0. The van der Waals surface area contributed by atoms with Crippen LogP contribution in [-0.4, -0.2) is 46.5 Å². The van der Waals surface area contributed by atoms with Crippen LogP contribution >= 0.6 is 34.5 Å². The molecule has 0 saturated carbocycles. The van der Waals surface area contributed by atoms with Crippen LogP contribution in [0.3, 0.4) is 0 Å². The van der Waals surface area contributed by atoms with Gasteiger partial charge in [-0.3, -0.25) is 14.4 Å². The van der Waals surface area contributed by atoms with E-state index >= 15 is 0 Å². The minimum atomic E-state index is -1.46. The quantitative estimate of drug-likeness (QED) is 0.275. The van der Waals surface area contributed by atoms with E-state index in [2.05, 4.69) is 16.0 Å². The minimum Gasteiger partial charge on any atom is -0.508 e. The van der Waals surface area contributed by atoms with Gasteiger partial charge in [0.25, 0.3) is 17.7 Å². The number of carboxylic acid groups (broad SMARTS) is 1. The highest BCUT2D eigenvalue weighted by atomic mass is 35.5. The predicted molar refractivity (Wildman–Crippen MR) is 136 cm³/mol. The van der Waals surface area contributed by atoms with Crippen LogP contribution in [0.1, 0.15) is 41.5 Å². The summed E-state index contributed by atoms with van der Waals surface area (Å²) in [5.74, 6) is -3.18. The van der Waals surface area contributed by atoms with Gasteiger partial charge in [-0.25, -0.2) is 4.79 Å². The largest absolute Gasteiger partial charge is 0.508 e. The van der Waals surface area contributed by atoms with Crippen molar-refractivity contribution >= 4 is 58.2 Å². The van der Waals surface area contributed by atoms with Crippen LogP contribution in [0.2, 0.25) is 10.0 Å². The van der Waals surface area contributed by atoms with Gasteiger partial charge in [-0.15, -0.1) is 11.3 Å². The Kier molecular flexibility index (Phi) is 8.92. The van der Waals surface area contributed by atoms with Crippen LogP contribution in [0.4, 0.5) is 0 Å². The lowest BCUT2D eigenvalue weighted by atomic mass is 10.1. The number of halogens is 2. The number of carboxylic acids is 1. The molecule has 2 aromatic carbocycles. The number of amides is 3. The second-order valence-electron chi connectivity index (χ2n) is 7.67. The normalized spacial score (nSPS) is 11.4. The molecular weight excluding hydrogens is 529 g/mol. The van der Waals surface area contributed by atoms with Crippen molar-refractivity contribution in [2.45, 2.75) is 19.5 Å². The number of aromatic hydroxyl groups is 1. The molecule has 0 radical (unpaired) electrons. The van der Waals surface area contributed by atoms with E-state index in [0.717, 1.165) is 5.56 Å². The van der Waals surface area contributed by atoms with Gasteiger partial charge in [0.05, 0.1) is 20.5 Å². The monoisotopic (exact) mass is 549 g/mol. The highest BCUT2D eigenvalue weighted by molar-refractivity contribution is 7.12. The molecule has 9 nitrogen and oxygen atoms in total. The highest BCUT2D eigenvalue weighted by Crippen LogP contribution is 2.27. The Balaban J connectivity index is 1.67. The van der Waals surface area contributed by atoms with Crippen molar-refractivity contribution < 1.29 is 29.4 Å². The third-order valence-electron chi connectivity index (χ3n) is 5.03. The van der Waals surface area contributed by atoms with Crippen molar-refractivity contribution in [3.8, 4) is 5.75 Å². The second-order valence-corrected chi connectivity index (χ2v) is 9.41. The van der Waals surface area contributed by atoms with Gasteiger partial charge >= 0.3 is 5.97 Å². The maximum absolute atomic E-state index is 12.8. The molecule has 1 atom stereocenters. The molecule has 36 heavy (non-hydrogen) atoms. The van der Waals surface area contributed by atoms with Crippen molar-refractivity contribution in [3.63, 3.8) is 0 Å². The zero-order valence-corrected chi connectivity index (χ0v) is 21.1. The van der Waals surface area contributed by atoms with E-state index in [1.165, 1.54) is 35.6 Å². The van der Waals surface area contributed by atoms with Crippen LogP contribution < -0.4 is 16.0 Å². The molecule has 0 aliphatic carbocycles. The van der Waals surface area contributed by atoms with Crippen molar-refractivity contribution in [2.24, 2.45) is 0 Å². The molecule has 3 rings (SSSR count). The Morgan fingerprint density at radius 1 is 0.972 bits per heavy atom. The number of aliphatic carboxylic acids is 1. The highest BCUT2D eigenvalue weighted by Gasteiger charge is 2.25. The summed E-state index contributed by atoms with van der Waals surface area (Å²) in [7, 11) is 0. The maximum Gasteiger partial charge on any atom is 0.328 e. The number of carbonyl (C=O) groups excluding carboxylic acids is 3. The first-order valence-electron chi connectivity index (χ1n) is 10.5. The molecule has 12 heteroatoms. The summed E-state index contributed by atoms with van der Waals surface area (Å²) in [6, 6.07) is 9.12. The molecule has 188 valence electrons. The molecule has 1 unspecified atom stereocenters. The van der Waals surface area contributed by atoms with E-state index in [1.807, 2.05) is 0 Å². The van der Waals surface area contributed by atoms with E-state index in [4.69, 9.17) is 23.2 Å². The van der Waals surface area contributed by atoms with Crippen LogP contribution in [0.25, 0.3) is 0 Å². The number of rotatable bonds is 9. The standard InChI is InChI=1S/C24H21Cl2N3O6S/c1-12-5-6-36-20(12)23(33)28-11-18(24(34)35)29-22(32)19-16(25)8-14(9-17(19)26)21(31)27-10-13-3-2-4-15(30)7-13/h2-9,18,30H,10-11H2,1H3,(H,27,31)(H,28,33)(H,29,32)(H,34,35). The van der Waals surface area contributed by atoms with Crippen molar-refractivity contribution in [1.29, 1.82) is 0 Å². The van der Waals surface area contributed by atoms with Gasteiger partial charge in [-0.05, 0) is 53.8 Å². The zero-order chi connectivity index (χ0) is 26.4. The van der Waals surface area contributed by atoms with E-state index in [0.29, 0.717) is 10.4 Å². The Labute approximate surface area is 220 Å². The molecule has 0 spiro atoms. The summed E-state index contributed by atoms with van der Waals surface area (Å²) in [5, 5.41) is 27.9. The van der Waals surface area contributed by atoms with Crippen LogP contribution in [0.15, 0.2) is 47.8 Å². The van der Waals surface area contributed by atoms with Crippen molar-refractivity contribution in [1.82, 2.24) is 16.0 Å². The molecule has 0 fully saturated rings. The van der Waals surface area contributed by atoms with Crippen LogP contribution in [-0.2, 0) is 11.3 Å². The molecule has 5 N–H and O–H groups in total. The smallest absolute Gasteiger partial charge is 0.328 e.